The minimum Gasteiger partial charge on any atom is -0.450 e. The second kappa shape index (κ2) is 7.66. The van der Waals surface area contributed by atoms with Crippen LogP contribution in [-0.4, -0.2) is 12.7 Å². The fourth-order valence-corrected chi connectivity index (χ4v) is 2.06. The molecule has 2 aromatic carbocycles. The first-order valence-corrected chi connectivity index (χ1v) is 7.18. The molecule has 0 saturated heterocycles. The molecule has 0 aromatic heterocycles. The van der Waals surface area contributed by atoms with Gasteiger partial charge in [-0.05, 0) is 42.8 Å². The Kier molecular flexibility index (Phi) is 5.61. The molecular weight excluding hydrogens is 307 g/mol. The summed E-state index contributed by atoms with van der Waals surface area (Å²) in [6, 6.07) is 11.5. The molecule has 0 aliphatic heterocycles. The Labute approximate surface area is 133 Å². The Hall–Kier alpha value is -2.27. The second-order valence-corrected chi connectivity index (χ2v) is 4.93. The fraction of sp³-hybridized carbons (Fsp3) is 0.188. The SMILES string of the molecule is CCOC(=O)Nc1ccc(CNc2ccc(F)cc2Cl)cc1. The molecule has 0 radical (unpaired) electrons. The molecule has 0 bridgehead atoms. The summed E-state index contributed by atoms with van der Waals surface area (Å²) in [5.41, 5.74) is 2.31. The lowest BCUT2D eigenvalue weighted by molar-refractivity contribution is 0.168. The molecule has 0 atom stereocenters. The zero-order chi connectivity index (χ0) is 15.9. The van der Waals surface area contributed by atoms with Crippen molar-refractivity contribution in [3.05, 3.63) is 58.9 Å². The van der Waals surface area contributed by atoms with Crippen molar-refractivity contribution in [1.29, 1.82) is 0 Å². The Bertz CT molecular complexity index is 647. The van der Waals surface area contributed by atoms with Crippen molar-refractivity contribution in [1.82, 2.24) is 0 Å². The van der Waals surface area contributed by atoms with Crippen LogP contribution in [0.2, 0.25) is 5.02 Å². The number of carbonyl (C=O) groups is 1. The molecule has 2 rings (SSSR count). The van der Waals surface area contributed by atoms with Gasteiger partial charge in [0.15, 0.2) is 0 Å². The summed E-state index contributed by atoms with van der Waals surface area (Å²) in [5, 5.41) is 6.08. The maximum atomic E-state index is 13.0. The van der Waals surface area contributed by atoms with Crippen molar-refractivity contribution in [2.24, 2.45) is 0 Å². The van der Waals surface area contributed by atoms with Crippen molar-refractivity contribution in [3.8, 4) is 0 Å². The van der Waals surface area contributed by atoms with E-state index in [9.17, 15) is 9.18 Å². The third-order valence-corrected chi connectivity index (χ3v) is 3.20. The molecule has 0 fully saturated rings. The highest BCUT2D eigenvalue weighted by Crippen LogP contribution is 2.23. The van der Waals surface area contributed by atoms with E-state index in [1.54, 1.807) is 25.1 Å². The summed E-state index contributed by atoms with van der Waals surface area (Å²) >= 11 is 5.94. The van der Waals surface area contributed by atoms with E-state index in [1.165, 1.54) is 12.1 Å². The molecule has 0 aliphatic rings. The zero-order valence-electron chi connectivity index (χ0n) is 12.0. The predicted octanol–water partition coefficient (Wildman–Crippen LogP) is 4.66. The van der Waals surface area contributed by atoms with Crippen molar-refractivity contribution in [3.63, 3.8) is 0 Å². The van der Waals surface area contributed by atoms with Gasteiger partial charge in [0.25, 0.3) is 0 Å². The first-order chi connectivity index (χ1) is 10.6. The topological polar surface area (TPSA) is 50.4 Å². The summed E-state index contributed by atoms with van der Waals surface area (Å²) in [5.74, 6) is -0.370. The van der Waals surface area contributed by atoms with E-state index in [1.807, 2.05) is 12.1 Å². The van der Waals surface area contributed by atoms with Crippen molar-refractivity contribution in [2.75, 3.05) is 17.2 Å². The van der Waals surface area contributed by atoms with Gasteiger partial charge in [0, 0.05) is 12.2 Å². The quantitative estimate of drug-likeness (QED) is 0.841. The van der Waals surface area contributed by atoms with Gasteiger partial charge in [0.05, 0.1) is 17.3 Å². The molecule has 0 saturated carbocycles. The average molecular weight is 323 g/mol. The van der Waals surface area contributed by atoms with E-state index >= 15 is 0 Å². The lowest BCUT2D eigenvalue weighted by atomic mass is 10.2. The van der Waals surface area contributed by atoms with E-state index in [-0.39, 0.29) is 5.82 Å². The van der Waals surface area contributed by atoms with Gasteiger partial charge in [0.2, 0.25) is 0 Å². The van der Waals surface area contributed by atoms with Crippen LogP contribution in [0.5, 0.6) is 0 Å². The Morgan fingerprint density at radius 1 is 1.23 bits per heavy atom. The molecule has 0 unspecified atom stereocenters. The van der Waals surface area contributed by atoms with E-state index in [0.717, 1.165) is 5.56 Å². The minimum absolute atomic E-state index is 0.326. The number of benzene rings is 2. The fourth-order valence-electron chi connectivity index (χ4n) is 1.82. The highest BCUT2D eigenvalue weighted by atomic mass is 35.5. The van der Waals surface area contributed by atoms with Gasteiger partial charge >= 0.3 is 6.09 Å². The molecule has 0 spiro atoms. The van der Waals surface area contributed by atoms with Crippen molar-refractivity contribution >= 4 is 29.1 Å². The number of ether oxygens (including phenoxy) is 1. The number of hydrogen-bond donors (Lipinski definition) is 2. The highest BCUT2D eigenvalue weighted by Gasteiger charge is 2.03. The normalized spacial score (nSPS) is 10.1. The minimum atomic E-state index is -0.480. The van der Waals surface area contributed by atoms with Crippen LogP contribution < -0.4 is 10.6 Å². The molecule has 4 nitrogen and oxygen atoms in total. The number of halogens is 2. The van der Waals surface area contributed by atoms with E-state index in [4.69, 9.17) is 16.3 Å². The first kappa shape index (κ1) is 16.1. The predicted molar refractivity (Wildman–Crippen MR) is 85.8 cm³/mol. The Morgan fingerprint density at radius 2 is 1.95 bits per heavy atom. The van der Waals surface area contributed by atoms with Crippen LogP contribution >= 0.6 is 11.6 Å². The van der Waals surface area contributed by atoms with Crippen LogP contribution in [0.4, 0.5) is 20.6 Å². The third kappa shape index (κ3) is 4.63. The van der Waals surface area contributed by atoms with Crippen LogP contribution in [0.1, 0.15) is 12.5 Å². The number of carbonyl (C=O) groups excluding carboxylic acids is 1. The molecule has 0 aliphatic carbocycles. The standard InChI is InChI=1S/C16H16ClFN2O2/c1-2-22-16(21)20-13-6-3-11(4-7-13)10-19-15-8-5-12(18)9-14(15)17/h3-9,19H,2,10H2,1H3,(H,20,21). The molecule has 22 heavy (non-hydrogen) atoms. The number of hydrogen-bond acceptors (Lipinski definition) is 3. The van der Waals surface area contributed by atoms with Crippen LogP contribution in [0.15, 0.2) is 42.5 Å². The Balaban J connectivity index is 1.92. The van der Waals surface area contributed by atoms with E-state index in [0.29, 0.717) is 29.5 Å². The largest absolute Gasteiger partial charge is 0.450 e. The molecule has 2 aromatic rings. The van der Waals surface area contributed by atoms with Crippen molar-refractivity contribution < 1.29 is 13.9 Å². The Morgan fingerprint density at radius 3 is 2.59 bits per heavy atom. The van der Waals surface area contributed by atoms with Gasteiger partial charge in [-0.25, -0.2) is 9.18 Å². The summed E-state index contributed by atoms with van der Waals surface area (Å²) in [6.45, 7) is 2.60. The van der Waals surface area contributed by atoms with Crippen molar-refractivity contribution in [2.45, 2.75) is 13.5 Å². The molecular formula is C16H16ClFN2O2. The average Bonchev–Trinajstić information content (AvgIpc) is 2.48. The van der Waals surface area contributed by atoms with Gasteiger partial charge in [-0.1, -0.05) is 23.7 Å². The maximum absolute atomic E-state index is 13.0. The smallest absolute Gasteiger partial charge is 0.411 e. The highest BCUT2D eigenvalue weighted by molar-refractivity contribution is 6.33. The van der Waals surface area contributed by atoms with Gasteiger partial charge in [-0.3, -0.25) is 5.32 Å². The first-order valence-electron chi connectivity index (χ1n) is 6.80. The monoisotopic (exact) mass is 322 g/mol. The molecule has 116 valence electrons. The number of nitrogens with one attached hydrogen (secondary N) is 2. The van der Waals surface area contributed by atoms with Gasteiger partial charge in [0.1, 0.15) is 5.82 Å². The lowest BCUT2D eigenvalue weighted by Gasteiger charge is -2.10. The van der Waals surface area contributed by atoms with E-state index < -0.39 is 6.09 Å². The van der Waals surface area contributed by atoms with Crippen LogP contribution in [0.25, 0.3) is 0 Å². The second-order valence-electron chi connectivity index (χ2n) is 4.52. The maximum Gasteiger partial charge on any atom is 0.411 e. The zero-order valence-corrected chi connectivity index (χ0v) is 12.8. The summed E-state index contributed by atoms with van der Waals surface area (Å²) in [7, 11) is 0. The summed E-state index contributed by atoms with van der Waals surface area (Å²) < 4.78 is 17.8. The third-order valence-electron chi connectivity index (χ3n) is 2.89. The number of rotatable bonds is 5. The van der Waals surface area contributed by atoms with Gasteiger partial charge in [-0.2, -0.15) is 0 Å². The molecule has 6 heteroatoms. The molecule has 2 N–H and O–H groups in total. The van der Waals surface area contributed by atoms with Crippen LogP contribution in [0, 0.1) is 5.82 Å². The lowest BCUT2D eigenvalue weighted by Crippen LogP contribution is -2.13. The number of anilines is 2. The summed E-state index contributed by atoms with van der Waals surface area (Å²) in [4.78, 5) is 11.3. The van der Waals surface area contributed by atoms with Gasteiger partial charge in [-0.15, -0.1) is 0 Å². The molecule has 1 amide bonds. The van der Waals surface area contributed by atoms with Crippen LogP contribution in [0.3, 0.4) is 0 Å². The van der Waals surface area contributed by atoms with E-state index in [2.05, 4.69) is 10.6 Å². The number of amides is 1. The molecule has 0 heterocycles. The van der Waals surface area contributed by atoms with Gasteiger partial charge < -0.3 is 10.1 Å². The van der Waals surface area contributed by atoms with Crippen LogP contribution in [-0.2, 0) is 11.3 Å². The summed E-state index contributed by atoms with van der Waals surface area (Å²) in [6.07, 6.45) is -0.480.